The van der Waals surface area contributed by atoms with Crippen molar-refractivity contribution in [2.45, 2.75) is 57.5 Å². The SMILES string of the molecule is CC1(CN2C3CCCC2CC3)CCNC1. The fourth-order valence-electron chi connectivity index (χ4n) is 3.93. The van der Waals surface area contributed by atoms with Gasteiger partial charge in [-0.1, -0.05) is 13.3 Å². The van der Waals surface area contributed by atoms with Crippen molar-refractivity contribution in [3.63, 3.8) is 0 Å². The van der Waals surface area contributed by atoms with Gasteiger partial charge < -0.3 is 5.32 Å². The van der Waals surface area contributed by atoms with Gasteiger partial charge in [0.1, 0.15) is 0 Å². The van der Waals surface area contributed by atoms with Gasteiger partial charge in [0.25, 0.3) is 0 Å². The van der Waals surface area contributed by atoms with Crippen LogP contribution in [0.5, 0.6) is 0 Å². The molecule has 2 nitrogen and oxygen atoms in total. The average molecular weight is 208 g/mol. The van der Waals surface area contributed by atoms with Crippen LogP contribution in [-0.4, -0.2) is 36.6 Å². The zero-order valence-electron chi connectivity index (χ0n) is 9.97. The van der Waals surface area contributed by atoms with Crippen molar-refractivity contribution in [2.75, 3.05) is 19.6 Å². The molecule has 0 aromatic rings. The van der Waals surface area contributed by atoms with E-state index in [-0.39, 0.29) is 0 Å². The largest absolute Gasteiger partial charge is 0.316 e. The Hall–Kier alpha value is -0.0800. The molecule has 2 heteroatoms. The van der Waals surface area contributed by atoms with Gasteiger partial charge in [-0.25, -0.2) is 0 Å². The molecule has 3 heterocycles. The molecule has 3 fully saturated rings. The predicted octanol–water partition coefficient (Wildman–Crippen LogP) is 2.00. The summed E-state index contributed by atoms with van der Waals surface area (Å²) in [5, 5.41) is 3.53. The Bertz CT molecular complexity index is 217. The minimum atomic E-state index is 0.568. The molecule has 2 bridgehead atoms. The minimum Gasteiger partial charge on any atom is -0.316 e. The third kappa shape index (κ3) is 1.83. The fourth-order valence-corrected chi connectivity index (χ4v) is 3.93. The van der Waals surface area contributed by atoms with Crippen LogP contribution < -0.4 is 5.32 Å². The number of fused-ring (bicyclic) bond motifs is 2. The molecule has 3 aliphatic heterocycles. The first-order valence-electron chi connectivity index (χ1n) is 6.73. The van der Waals surface area contributed by atoms with Gasteiger partial charge in [-0.3, -0.25) is 4.90 Å². The van der Waals surface area contributed by atoms with Gasteiger partial charge in [0.05, 0.1) is 0 Å². The fraction of sp³-hybridized carbons (Fsp3) is 1.00. The lowest BCUT2D eigenvalue weighted by Crippen LogP contribution is -2.46. The van der Waals surface area contributed by atoms with Crippen molar-refractivity contribution in [3.8, 4) is 0 Å². The number of nitrogens with one attached hydrogen (secondary N) is 1. The molecule has 3 aliphatic rings. The third-order valence-corrected chi connectivity index (χ3v) is 4.87. The van der Waals surface area contributed by atoms with Crippen LogP contribution in [0, 0.1) is 5.41 Å². The highest BCUT2D eigenvalue weighted by molar-refractivity contribution is 4.96. The molecule has 15 heavy (non-hydrogen) atoms. The lowest BCUT2D eigenvalue weighted by Gasteiger charge is -2.40. The molecule has 3 unspecified atom stereocenters. The molecule has 0 aromatic carbocycles. The van der Waals surface area contributed by atoms with Crippen LogP contribution in [0.2, 0.25) is 0 Å². The van der Waals surface area contributed by atoms with Crippen molar-refractivity contribution >= 4 is 0 Å². The summed E-state index contributed by atoms with van der Waals surface area (Å²) in [5.41, 5.74) is 0.568. The summed E-state index contributed by atoms with van der Waals surface area (Å²) >= 11 is 0. The summed E-state index contributed by atoms with van der Waals surface area (Å²) in [6.45, 7) is 6.30. The molecule has 3 rings (SSSR count). The smallest absolute Gasteiger partial charge is 0.00990 e. The highest BCUT2D eigenvalue weighted by atomic mass is 15.2. The molecule has 0 aromatic heterocycles. The first-order chi connectivity index (χ1) is 7.27. The highest BCUT2D eigenvalue weighted by Crippen LogP contribution is 2.38. The van der Waals surface area contributed by atoms with Crippen molar-refractivity contribution in [3.05, 3.63) is 0 Å². The molecule has 0 spiro atoms. The summed E-state index contributed by atoms with van der Waals surface area (Å²) in [7, 11) is 0. The maximum Gasteiger partial charge on any atom is 0.00990 e. The van der Waals surface area contributed by atoms with Crippen molar-refractivity contribution in [1.82, 2.24) is 10.2 Å². The molecular weight excluding hydrogens is 184 g/mol. The van der Waals surface area contributed by atoms with Gasteiger partial charge >= 0.3 is 0 Å². The summed E-state index contributed by atoms with van der Waals surface area (Å²) in [6.07, 6.45) is 8.77. The lowest BCUT2D eigenvalue weighted by molar-refractivity contribution is 0.0893. The second-order valence-electron chi connectivity index (χ2n) is 6.23. The van der Waals surface area contributed by atoms with E-state index in [0.717, 1.165) is 12.1 Å². The first-order valence-corrected chi connectivity index (χ1v) is 6.73. The van der Waals surface area contributed by atoms with E-state index in [1.165, 1.54) is 58.2 Å². The van der Waals surface area contributed by atoms with E-state index in [0.29, 0.717) is 5.41 Å². The number of hydrogen-bond donors (Lipinski definition) is 1. The highest BCUT2D eigenvalue weighted by Gasteiger charge is 2.40. The van der Waals surface area contributed by atoms with Crippen molar-refractivity contribution in [2.24, 2.45) is 5.41 Å². The minimum absolute atomic E-state index is 0.568. The molecular formula is C13H24N2. The van der Waals surface area contributed by atoms with E-state index in [1.54, 1.807) is 0 Å². The number of piperidine rings is 1. The number of nitrogens with zero attached hydrogens (tertiary/aromatic N) is 1. The van der Waals surface area contributed by atoms with E-state index in [9.17, 15) is 0 Å². The van der Waals surface area contributed by atoms with Crippen LogP contribution in [-0.2, 0) is 0 Å². The summed E-state index contributed by atoms with van der Waals surface area (Å²) < 4.78 is 0. The molecule has 3 saturated heterocycles. The Morgan fingerprint density at radius 1 is 1.20 bits per heavy atom. The van der Waals surface area contributed by atoms with Crippen LogP contribution in [0.15, 0.2) is 0 Å². The summed E-state index contributed by atoms with van der Waals surface area (Å²) in [5.74, 6) is 0. The molecule has 1 N–H and O–H groups in total. The van der Waals surface area contributed by atoms with Gasteiger partial charge in [0, 0.05) is 25.2 Å². The summed E-state index contributed by atoms with van der Waals surface area (Å²) in [6, 6.07) is 1.89. The molecule has 0 saturated carbocycles. The second-order valence-corrected chi connectivity index (χ2v) is 6.23. The molecule has 0 radical (unpaired) electrons. The number of hydrogen-bond acceptors (Lipinski definition) is 2. The topological polar surface area (TPSA) is 15.3 Å². The van der Waals surface area contributed by atoms with Crippen LogP contribution in [0.1, 0.15) is 45.4 Å². The van der Waals surface area contributed by atoms with E-state index < -0.39 is 0 Å². The van der Waals surface area contributed by atoms with Gasteiger partial charge in [-0.05, 0) is 44.1 Å². The number of rotatable bonds is 2. The van der Waals surface area contributed by atoms with Gasteiger partial charge in [-0.2, -0.15) is 0 Å². The molecule has 0 amide bonds. The van der Waals surface area contributed by atoms with Crippen LogP contribution in [0.3, 0.4) is 0 Å². The first kappa shape index (κ1) is 10.1. The Morgan fingerprint density at radius 2 is 1.93 bits per heavy atom. The molecule has 3 atom stereocenters. The Kier molecular flexibility index (Phi) is 2.52. The quantitative estimate of drug-likeness (QED) is 0.747. The monoisotopic (exact) mass is 208 g/mol. The van der Waals surface area contributed by atoms with E-state index in [4.69, 9.17) is 0 Å². The van der Waals surface area contributed by atoms with Gasteiger partial charge in [0.2, 0.25) is 0 Å². The second kappa shape index (κ2) is 3.74. The zero-order chi connectivity index (χ0) is 10.3. The van der Waals surface area contributed by atoms with E-state index in [1.807, 2.05) is 0 Å². The van der Waals surface area contributed by atoms with Gasteiger partial charge in [-0.15, -0.1) is 0 Å². The maximum atomic E-state index is 3.53. The Balaban J connectivity index is 1.67. The lowest BCUT2D eigenvalue weighted by atomic mass is 9.87. The van der Waals surface area contributed by atoms with Gasteiger partial charge in [0.15, 0.2) is 0 Å². The maximum absolute atomic E-state index is 3.53. The van der Waals surface area contributed by atoms with Crippen LogP contribution in [0.4, 0.5) is 0 Å². The summed E-state index contributed by atoms with van der Waals surface area (Å²) in [4.78, 5) is 2.86. The van der Waals surface area contributed by atoms with E-state index >= 15 is 0 Å². The predicted molar refractivity (Wildman–Crippen MR) is 63.0 cm³/mol. The van der Waals surface area contributed by atoms with E-state index in [2.05, 4.69) is 17.1 Å². The standard InChI is InChI=1S/C13H24N2/c1-13(7-8-14-9-13)10-15-11-3-2-4-12(15)6-5-11/h11-12,14H,2-10H2,1H3. The zero-order valence-corrected chi connectivity index (χ0v) is 9.97. The van der Waals surface area contributed by atoms with Crippen LogP contribution >= 0.6 is 0 Å². The van der Waals surface area contributed by atoms with Crippen LogP contribution in [0.25, 0.3) is 0 Å². The van der Waals surface area contributed by atoms with Crippen molar-refractivity contribution in [1.29, 1.82) is 0 Å². The third-order valence-electron chi connectivity index (χ3n) is 4.87. The Morgan fingerprint density at radius 3 is 2.53 bits per heavy atom. The molecule has 0 aliphatic carbocycles. The average Bonchev–Trinajstić information content (AvgIpc) is 2.71. The van der Waals surface area contributed by atoms with Crippen molar-refractivity contribution < 1.29 is 0 Å². The normalized spacial score (nSPS) is 46.2. The molecule has 86 valence electrons. The Labute approximate surface area is 93.4 Å².